The molecule has 0 bridgehead atoms. The van der Waals surface area contributed by atoms with Crippen molar-refractivity contribution in [3.05, 3.63) is 71.9 Å². The normalized spacial score (nSPS) is 17.6. The SMILES string of the molecule is COc1ccccc1N1CCN(/C=C(/C#N)C(=O)N2CCC(Cc3ccccc3)CC2)CC1. The molecule has 0 aliphatic carbocycles. The maximum atomic E-state index is 13.0. The van der Waals surface area contributed by atoms with Crippen molar-refractivity contribution in [3.63, 3.8) is 0 Å². The first kappa shape index (κ1) is 22.7. The number of anilines is 1. The van der Waals surface area contributed by atoms with Gasteiger partial charge in [-0.2, -0.15) is 5.26 Å². The first-order valence-corrected chi connectivity index (χ1v) is 11.7. The number of likely N-dealkylation sites (tertiary alicyclic amines) is 1. The second kappa shape index (κ2) is 10.9. The third-order valence-electron chi connectivity index (χ3n) is 6.67. The van der Waals surface area contributed by atoms with Crippen molar-refractivity contribution in [2.45, 2.75) is 19.3 Å². The number of ether oxygens (including phenoxy) is 1. The molecule has 0 unspecified atom stereocenters. The molecule has 0 atom stereocenters. The highest BCUT2D eigenvalue weighted by Crippen LogP contribution is 2.28. The van der Waals surface area contributed by atoms with Gasteiger partial charge in [0.25, 0.3) is 5.91 Å². The number of hydrogen-bond donors (Lipinski definition) is 0. The Morgan fingerprint density at radius 3 is 2.33 bits per heavy atom. The Balaban J connectivity index is 1.30. The van der Waals surface area contributed by atoms with Crippen LogP contribution in [-0.4, -0.2) is 62.1 Å². The number of nitriles is 1. The molecule has 0 radical (unpaired) electrons. The fourth-order valence-electron chi connectivity index (χ4n) is 4.76. The van der Waals surface area contributed by atoms with Crippen molar-refractivity contribution in [2.75, 3.05) is 51.3 Å². The summed E-state index contributed by atoms with van der Waals surface area (Å²) in [5.74, 6) is 1.32. The number of carbonyl (C=O) groups is 1. The van der Waals surface area contributed by atoms with Crippen LogP contribution >= 0.6 is 0 Å². The van der Waals surface area contributed by atoms with E-state index in [2.05, 4.69) is 46.2 Å². The minimum Gasteiger partial charge on any atom is -0.495 e. The first-order valence-electron chi connectivity index (χ1n) is 11.7. The number of piperidine rings is 1. The zero-order valence-electron chi connectivity index (χ0n) is 19.3. The molecule has 4 rings (SSSR count). The summed E-state index contributed by atoms with van der Waals surface area (Å²) in [6, 6.07) is 20.7. The molecule has 2 aromatic rings. The fourth-order valence-corrected chi connectivity index (χ4v) is 4.76. The van der Waals surface area contributed by atoms with Crippen LogP contribution in [0, 0.1) is 17.2 Å². The number of carbonyl (C=O) groups excluding carboxylic acids is 1. The van der Waals surface area contributed by atoms with Crippen LogP contribution in [0.3, 0.4) is 0 Å². The molecule has 1 amide bonds. The van der Waals surface area contributed by atoms with E-state index in [0.29, 0.717) is 5.92 Å². The van der Waals surface area contributed by atoms with Gasteiger partial charge in [-0.25, -0.2) is 0 Å². The molecule has 2 heterocycles. The van der Waals surface area contributed by atoms with Gasteiger partial charge in [-0.3, -0.25) is 4.79 Å². The van der Waals surface area contributed by atoms with Crippen LogP contribution in [0.5, 0.6) is 5.75 Å². The number of rotatable bonds is 6. The Kier molecular flexibility index (Phi) is 7.51. The Labute approximate surface area is 196 Å². The maximum Gasteiger partial charge on any atom is 0.266 e. The first-order chi connectivity index (χ1) is 16.2. The number of methoxy groups -OCH3 is 1. The zero-order valence-corrected chi connectivity index (χ0v) is 19.3. The molecule has 0 saturated carbocycles. The number of para-hydroxylation sites is 2. The van der Waals surface area contributed by atoms with E-state index in [0.717, 1.165) is 70.0 Å². The highest BCUT2D eigenvalue weighted by molar-refractivity contribution is 5.97. The van der Waals surface area contributed by atoms with Crippen LogP contribution in [0.1, 0.15) is 18.4 Å². The summed E-state index contributed by atoms with van der Waals surface area (Å²) in [6.07, 6.45) is 4.78. The number of nitrogens with zero attached hydrogens (tertiary/aromatic N) is 4. The zero-order chi connectivity index (χ0) is 23.0. The molecule has 33 heavy (non-hydrogen) atoms. The fraction of sp³-hybridized carbons (Fsp3) is 0.407. The van der Waals surface area contributed by atoms with E-state index < -0.39 is 0 Å². The van der Waals surface area contributed by atoms with Gasteiger partial charge >= 0.3 is 0 Å². The van der Waals surface area contributed by atoms with Gasteiger partial charge in [0.15, 0.2) is 0 Å². The highest BCUT2D eigenvalue weighted by Gasteiger charge is 2.26. The number of benzene rings is 2. The minimum absolute atomic E-state index is 0.136. The number of hydrogen-bond acceptors (Lipinski definition) is 5. The Bertz CT molecular complexity index is 998. The molecule has 0 spiro atoms. The third kappa shape index (κ3) is 5.67. The molecule has 2 aliphatic heterocycles. The number of amides is 1. The largest absolute Gasteiger partial charge is 0.495 e. The lowest BCUT2D eigenvalue weighted by atomic mass is 9.90. The second-order valence-corrected chi connectivity index (χ2v) is 8.77. The van der Waals surface area contributed by atoms with Gasteiger partial charge in [-0.1, -0.05) is 42.5 Å². The Hall–Kier alpha value is -3.46. The Morgan fingerprint density at radius 2 is 1.67 bits per heavy atom. The molecular formula is C27H32N4O2. The minimum atomic E-state index is -0.136. The molecule has 2 fully saturated rings. The summed E-state index contributed by atoms with van der Waals surface area (Å²) in [7, 11) is 1.69. The van der Waals surface area contributed by atoms with E-state index in [1.807, 2.05) is 29.2 Å². The van der Waals surface area contributed by atoms with E-state index >= 15 is 0 Å². The molecular weight excluding hydrogens is 412 g/mol. The van der Waals surface area contributed by atoms with Crippen molar-refractivity contribution >= 4 is 11.6 Å². The average molecular weight is 445 g/mol. The summed E-state index contributed by atoms with van der Waals surface area (Å²) in [6.45, 7) is 4.59. The van der Waals surface area contributed by atoms with E-state index in [1.165, 1.54) is 5.56 Å². The van der Waals surface area contributed by atoms with Crippen LogP contribution in [0.25, 0.3) is 0 Å². The monoisotopic (exact) mass is 444 g/mol. The lowest BCUT2D eigenvalue weighted by Crippen LogP contribution is -2.45. The maximum absolute atomic E-state index is 13.0. The van der Waals surface area contributed by atoms with Gasteiger partial charge in [0.2, 0.25) is 0 Å². The predicted octanol–water partition coefficient (Wildman–Crippen LogP) is 3.71. The lowest BCUT2D eigenvalue weighted by molar-refractivity contribution is -0.128. The highest BCUT2D eigenvalue weighted by atomic mass is 16.5. The van der Waals surface area contributed by atoms with Gasteiger partial charge in [0, 0.05) is 45.5 Å². The van der Waals surface area contributed by atoms with E-state index in [1.54, 1.807) is 13.3 Å². The second-order valence-electron chi connectivity index (χ2n) is 8.77. The molecule has 172 valence electrons. The summed E-state index contributed by atoms with van der Waals surface area (Å²) in [4.78, 5) is 19.2. The summed E-state index contributed by atoms with van der Waals surface area (Å²) < 4.78 is 5.49. The van der Waals surface area contributed by atoms with E-state index in [9.17, 15) is 10.1 Å². The van der Waals surface area contributed by atoms with Crippen molar-refractivity contribution < 1.29 is 9.53 Å². The van der Waals surface area contributed by atoms with E-state index in [-0.39, 0.29) is 11.5 Å². The van der Waals surface area contributed by atoms with Crippen LogP contribution in [-0.2, 0) is 11.2 Å². The van der Waals surface area contributed by atoms with Crippen LogP contribution in [0.4, 0.5) is 5.69 Å². The smallest absolute Gasteiger partial charge is 0.266 e. The van der Waals surface area contributed by atoms with Crippen LogP contribution in [0.15, 0.2) is 66.4 Å². The molecule has 6 heteroatoms. The van der Waals surface area contributed by atoms with Crippen molar-refractivity contribution in [2.24, 2.45) is 5.92 Å². The van der Waals surface area contributed by atoms with Gasteiger partial charge in [0.1, 0.15) is 17.4 Å². The van der Waals surface area contributed by atoms with Crippen molar-refractivity contribution in [3.8, 4) is 11.8 Å². The lowest BCUT2D eigenvalue weighted by Gasteiger charge is -2.36. The third-order valence-corrected chi connectivity index (χ3v) is 6.67. The van der Waals surface area contributed by atoms with Gasteiger partial charge in [-0.15, -0.1) is 0 Å². The average Bonchev–Trinajstić information content (AvgIpc) is 2.88. The molecule has 2 aromatic carbocycles. The molecule has 2 saturated heterocycles. The quantitative estimate of drug-likeness (QED) is 0.502. The van der Waals surface area contributed by atoms with Crippen molar-refractivity contribution in [1.82, 2.24) is 9.80 Å². The van der Waals surface area contributed by atoms with Gasteiger partial charge < -0.3 is 19.4 Å². The molecule has 6 nitrogen and oxygen atoms in total. The van der Waals surface area contributed by atoms with Crippen molar-refractivity contribution in [1.29, 1.82) is 5.26 Å². The Morgan fingerprint density at radius 1 is 1.00 bits per heavy atom. The topological polar surface area (TPSA) is 59.8 Å². The molecule has 2 aliphatic rings. The summed E-state index contributed by atoms with van der Waals surface area (Å²) >= 11 is 0. The predicted molar refractivity (Wildman–Crippen MR) is 130 cm³/mol. The summed E-state index contributed by atoms with van der Waals surface area (Å²) in [5.41, 5.74) is 2.67. The van der Waals surface area contributed by atoms with Crippen LogP contribution < -0.4 is 9.64 Å². The van der Waals surface area contributed by atoms with Gasteiger partial charge in [-0.05, 0) is 42.9 Å². The number of piperazine rings is 1. The van der Waals surface area contributed by atoms with E-state index in [4.69, 9.17) is 4.74 Å². The van der Waals surface area contributed by atoms with Gasteiger partial charge in [0.05, 0.1) is 12.8 Å². The standard InChI is InChI=1S/C27H32N4O2/c1-33-26-10-6-5-9-25(26)30-17-15-29(16-18-30)21-24(20-28)27(32)31-13-11-23(12-14-31)19-22-7-3-2-4-8-22/h2-10,21,23H,11-19H2,1H3/b24-21-. The molecule has 0 aromatic heterocycles. The van der Waals surface area contributed by atoms with Crippen LogP contribution in [0.2, 0.25) is 0 Å². The summed E-state index contributed by atoms with van der Waals surface area (Å²) in [5, 5.41) is 9.68. The molecule has 0 N–H and O–H groups in total.